The van der Waals surface area contributed by atoms with E-state index in [0.717, 1.165) is 10.5 Å². The molecule has 1 aliphatic heterocycles. The van der Waals surface area contributed by atoms with E-state index in [-0.39, 0.29) is 5.56 Å². The van der Waals surface area contributed by atoms with E-state index < -0.39 is 30.2 Å². The van der Waals surface area contributed by atoms with Crippen molar-refractivity contribution >= 4 is 23.8 Å². The molecule has 6 nitrogen and oxygen atoms in total. The summed E-state index contributed by atoms with van der Waals surface area (Å²) in [7, 11) is 1.24. The highest BCUT2D eigenvalue weighted by Gasteiger charge is 2.39. The second kappa shape index (κ2) is 4.64. The standard InChI is InChI=1S/C13H12N2O4/c1-8-3-5-9(6-4-8)12(18)15-11(17)7-10(16)14(2)13(15)19/h3-6H,7H2,1-2H3. The SMILES string of the molecule is Cc1ccc(C(=O)N2C(=O)CC(=O)N(C)C2=O)cc1. The van der Waals surface area contributed by atoms with Gasteiger partial charge in [-0.1, -0.05) is 17.7 Å². The fraction of sp³-hybridized carbons (Fsp3) is 0.231. The van der Waals surface area contributed by atoms with Crippen LogP contribution in [0.2, 0.25) is 0 Å². The molecule has 1 aromatic rings. The van der Waals surface area contributed by atoms with Gasteiger partial charge < -0.3 is 0 Å². The number of rotatable bonds is 1. The Morgan fingerprint density at radius 2 is 1.63 bits per heavy atom. The Balaban J connectivity index is 2.32. The van der Waals surface area contributed by atoms with E-state index in [2.05, 4.69) is 0 Å². The molecule has 0 bridgehead atoms. The maximum atomic E-state index is 12.1. The monoisotopic (exact) mass is 260 g/mol. The van der Waals surface area contributed by atoms with Crippen molar-refractivity contribution in [2.75, 3.05) is 7.05 Å². The minimum absolute atomic E-state index is 0.232. The number of amides is 5. The van der Waals surface area contributed by atoms with Crippen LogP contribution in [0.5, 0.6) is 0 Å². The van der Waals surface area contributed by atoms with Crippen LogP contribution in [0.4, 0.5) is 4.79 Å². The Hall–Kier alpha value is -2.50. The van der Waals surface area contributed by atoms with Crippen LogP contribution in [0.25, 0.3) is 0 Å². The summed E-state index contributed by atoms with van der Waals surface area (Å²) >= 11 is 0. The normalized spacial score (nSPS) is 16.0. The molecule has 0 spiro atoms. The molecule has 0 saturated carbocycles. The molecule has 0 atom stereocenters. The molecule has 1 heterocycles. The molecular weight excluding hydrogens is 248 g/mol. The van der Waals surface area contributed by atoms with Gasteiger partial charge in [0.05, 0.1) is 0 Å². The van der Waals surface area contributed by atoms with E-state index in [9.17, 15) is 19.2 Å². The molecular formula is C13H12N2O4. The lowest BCUT2D eigenvalue weighted by atomic mass is 10.1. The first-order valence-electron chi connectivity index (χ1n) is 5.66. The van der Waals surface area contributed by atoms with Crippen molar-refractivity contribution in [3.8, 4) is 0 Å². The van der Waals surface area contributed by atoms with Gasteiger partial charge in [0.15, 0.2) is 0 Å². The molecule has 19 heavy (non-hydrogen) atoms. The number of barbiturate groups is 1. The molecule has 5 amide bonds. The van der Waals surface area contributed by atoms with Crippen molar-refractivity contribution in [3.63, 3.8) is 0 Å². The average Bonchev–Trinajstić information content (AvgIpc) is 2.37. The number of carbonyl (C=O) groups is 4. The highest BCUT2D eigenvalue weighted by molar-refractivity contribution is 6.24. The van der Waals surface area contributed by atoms with Crippen molar-refractivity contribution in [1.82, 2.24) is 9.80 Å². The maximum Gasteiger partial charge on any atom is 0.340 e. The molecule has 98 valence electrons. The summed E-state index contributed by atoms with van der Waals surface area (Å²) in [5.74, 6) is -2.11. The lowest BCUT2D eigenvalue weighted by Crippen LogP contribution is -2.55. The fourth-order valence-electron chi connectivity index (χ4n) is 1.72. The zero-order chi connectivity index (χ0) is 14.2. The number of nitrogens with zero attached hydrogens (tertiary/aromatic N) is 2. The highest BCUT2D eigenvalue weighted by Crippen LogP contribution is 2.15. The van der Waals surface area contributed by atoms with E-state index in [1.165, 1.54) is 19.2 Å². The van der Waals surface area contributed by atoms with Crippen LogP contribution in [0.3, 0.4) is 0 Å². The Labute approximate surface area is 109 Å². The van der Waals surface area contributed by atoms with Gasteiger partial charge in [-0.05, 0) is 19.1 Å². The van der Waals surface area contributed by atoms with E-state index in [0.29, 0.717) is 4.90 Å². The van der Waals surface area contributed by atoms with Crippen molar-refractivity contribution in [3.05, 3.63) is 35.4 Å². The summed E-state index contributed by atoms with van der Waals surface area (Å²) in [4.78, 5) is 48.2. The zero-order valence-corrected chi connectivity index (χ0v) is 10.5. The molecule has 1 fully saturated rings. The predicted octanol–water partition coefficient (Wildman–Crippen LogP) is 0.946. The first-order chi connectivity index (χ1) is 8.91. The maximum absolute atomic E-state index is 12.1. The molecule has 0 N–H and O–H groups in total. The second-order valence-electron chi connectivity index (χ2n) is 4.31. The topological polar surface area (TPSA) is 74.8 Å². The summed E-state index contributed by atoms with van der Waals surface area (Å²) in [6.45, 7) is 1.86. The summed E-state index contributed by atoms with van der Waals surface area (Å²) in [6, 6.07) is 5.58. The molecule has 1 aromatic carbocycles. The van der Waals surface area contributed by atoms with Crippen molar-refractivity contribution < 1.29 is 19.2 Å². The molecule has 0 aromatic heterocycles. The third-order valence-electron chi connectivity index (χ3n) is 2.91. The quantitative estimate of drug-likeness (QED) is 0.556. The predicted molar refractivity (Wildman–Crippen MR) is 65.1 cm³/mol. The summed E-state index contributed by atoms with van der Waals surface area (Å²) in [6.07, 6.45) is -0.472. The van der Waals surface area contributed by atoms with Gasteiger partial charge in [-0.15, -0.1) is 0 Å². The van der Waals surface area contributed by atoms with Crippen LogP contribution in [0, 0.1) is 6.92 Å². The molecule has 0 aliphatic carbocycles. The van der Waals surface area contributed by atoms with E-state index in [1.54, 1.807) is 12.1 Å². The molecule has 1 saturated heterocycles. The van der Waals surface area contributed by atoms with Crippen LogP contribution in [-0.4, -0.2) is 40.6 Å². The van der Waals surface area contributed by atoms with Gasteiger partial charge >= 0.3 is 6.03 Å². The van der Waals surface area contributed by atoms with Crippen LogP contribution >= 0.6 is 0 Å². The summed E-state index contributed by atoms with van der Waals surface area (Å²) < 4.78 is 0. The molecule has 6 heteroatoms. The van der Waals surface area contributed by atoms with Crippen molar-refractivity contribution in [2.45, 2.75) is 13.3 Å². The van der Waals surface area contributed by atoms with Crippen LogP contribution < -0.4 is 0 Å². The summed E-state index contributed by atoms with van der Waals surface area (Å²) in [5.41, 5.74) is 1.19. The largest absolute Gasteiger partial charge is 0.340 e. The van der Waals surface area contributed by atoms with Gasteiger partial charge in [-0.25, -0.2) is 4.79 Å². The van der Waals surface area contributed by atoms with E-state index >= 15 is 0 Å². The van der Waals surface area contributed by atoms with Crippen LogP contribution in [0.15, 0.2) is 24.3 Å². The van der Waals surface area contributed by atoms with Crippen molar-refractivity contribution in [2.24, 2.45) is 0 Å². The Kier molecular flexibility index (Phi) is 3.16. The first kappa shape index (κ1) is 12.9. The van der Waals surface area contributed by atoms with Gasteiger partial charge in [-0.3, -0.25) is 19.3 Å². The number of imide groups is 4. The van der Waals surface area contributed by atoms with Crippen LogP contribution in [0.1, 0.15) is 22.3 Å². The lowest BCUT2D eigenvalue weighted by molar-refractivity contribution is -0.139. The highest BCUT2D eigenvalue weighted by atomic mass is 16.2. The van der Waals surface area contributed by atoms with Gasteiger partial charge in [-0.2, -0.15) is 4.90 Å². The first-order valence-corrected chi connectivity index (χ1v) is 5.66. The summed E-state index contributed by atoms with van der Waals surface area (Å²) in [5, 5.41) is 0. The number of benzene rings is 1. The molecule has 2 rings (SSSR count). The number of hydrogen-bond donors (Lipinski definition) is 0. The smallest absolute Gasteiger partial charge is 0.274 e. The van der Waals surface area contributed by atoms with Crippen molar-refractivity contribution in [1.29, 1.82) is 0 Å². The average molecular weight is 260 g/mol. The van der Waals surface area contributed by atoms with E-state index in [1.807, 2.05) is 6.92 Å². The Morgan fingerprint density at radius 1 is 1.05 bits per heavy atom. The number of carbonyl (C=O) groups excluding carboxylic acids is 4. The van der Waals surface area contributed by atoms with Gasteiger partial charge in [0.2, 0.25) is 11.8 Å². The third-order valence-corrected chi connectivity index (χ3v) is 2.91. The minimum atomic E-state index is -0.910. The number of urea groups is 1. The number of aryl methyl sites for hydroxylation is 1. The van der Waals surface area contributed by atoms with Crippen LogP contribution in [-0.2, 0) is 9.59 Å². The van der Waals surface area contributed by atoms with Gasteiger partial charge in [0.1, 0.15) is 6.42 Å². The second-order valence-corrected chi connectivity index (χ2v) is 4.31. The Morgan fingerprint density at radius 3 is 2.21 bits per heavy atom. The van der Waals surface area contributed by atoms with E-state index in [4.69, 9.17) is 0 Å². The molecule has 1 aliphatic rings. The Bertz CT molecular complexity index is 577. The minimum Gasteiger partial charge on any atom is -0.274 e. The molecule has 0 radical (unpaired) electrons. The zero-order valence-electron chi connectivity index (χ0n) is 10.5. The van der Waals surface area contributed by atoms with Gasteiger partial charge in [0, 0.05) is 12.6 Å². The third kappa shape index (κ3) is 2.24. The fourth-order valence-corrected chi connectivity index (χ4v) is 1.72. The lowest BCUT2D eigenvalue weighted by Gasteiger charge is -2.28. The van der Waals surface area contributed by atoms with Gasteiger partial charge in [0.25, 0.3) is 5.91 Å². The number of hydrogen-bond acceptors (Lipinski definition) is 4. The molecule has 0 unspecified atom stereocenters.